The van der Waals surface area contributed by atoms with Crippen LogP contribution in [0.1, 0.15) is 16.1 Å². The molecule has 1 aromatic rings. The number of amides is 1. The Labute approximate surface area is 106 Å². The molecule has 0 unspecified atom stereocenters. The number of aliphatic hydroxyl groups is 1. The average Bonchev–Trinajstić information content (AvgIpc) is 2.83. The Kier molecular flexibility index (Phi) is 3.37. The number of hydrogen-bond acceptors (Lipinski definition) is 4. The lowest BCUT2D eigenvalue weighted by molar-refractivity contribution is -0.141. The van der Waals surface area contributed by atoms with E-state index in [9.17, 15) is 14.7 Å². The summed E-state index contributed by atoms with van der Waals surface area (Å²) in [5.74, 6) is -1.54. The van der Waals surface area contributed by atoms with Crippen LogP contribution in [-0.4, -0.2) is 45.7 Å². The fourth-order valence-electron chi connectivity index (χ4n) is 1.85. The summed E-state index contributed by atoms with van der Waals surface area (Å²) in [6.07, 6.45) is -0.733. The van der Waals surface area contributed by atoms with E-state index in [1.54, 1.807) is 11.4 Å². The molecule has 0 aromatic carbocycles. The molecule has 0 bridgehead atoms. The predicted molar refractivity (Wildman–Crippen MR) is 62.4 cm³/mol. The number of carboxylic acid groups (broad SMARTS) is 1. The maximum Gasteiger partial charge on any atom is 0.326 e. The highest BCUT2D eigenvalue weighted by atomic mass is 35.5. The van der Waals surface area contributed by atoms with Crippen molar-refractivity contribution >= 4 is 34.8 Å². The minimum absolute atomic E-state index is 0.0318. The van der Waals surface area contributed by atoms with Crippen molar-refractivity contribution < 1.29 is 19.8 Å². The smallest absolute Gasteiger partial charge is 0.326 e. The number of nitrogens with zero attached hydrogens (tertiary/aromatic N) is 1. The van der Waals surface area contributed by atoms with Crippen molar-refractivity contribution in [1.82, 2.24) is 4.90 Å². The third kappa shape index (κ3) is 2.29. The van der Waals surface area contributed by atoms with Crippen LogP contribution in [0.15, 0.2) is 11.4 Å². The van der Waals surface area contributed by atoms with E-state index in [2.05, 4.69) is 0 Å². The topological polar surface area (TPSA) is 77.8 Å². The number of rotatable bonds is 2. The standard InChI is InChI=1S/C10H10ClNO4S/c11-6-1-2-17-8(6)9(14)12-4-5(13)3-7(12)10(15)16/h1-2,5,7,13H,3-4H2,(H,15,16)/t5-,7-/m0/s1. The molecule has 0 radical (unpaired) electrons. The van der Waals surface area contributed by atoms with Crippen molar-refractivity contribution in [3.63, 3.8) is 0 Å². The summed E-state index contributed by atoms with van der Waals surface area (Å²) in [6.45, 7) is 0.0318. The van der Waals surface area contributed by atoms with E-state index < -0.39 is 24.0 Å². The zero-order valence-electron chi connectivity index (χ0n) is 8.67. The van der Waals surface area contributed by atoms with Crippen LogP contribution < -0.4 is 0 Å². The average molecular weight is 276 g/mol. The number of halogens is 1. The van der Waals surface area contributed by atoms with Crippen molar-refractivity contribution in [3.05, 3.63) is 21.3 Å². The van der Waals surface area contributed by atoms with Gasteiger partial charge < -0.3 is 15.1 Å². The third-order valence-corrected chi connectivity index (χ3v) is 3.97. The molecule has 7 heteroatoms. The number of likely N-dealkylation sites (tertiary alicyclic amines) is 1. The number of aliphatic hydroxyl groups excluding tert-OH is 1. The molecule has 1 aromatic heterocycles. The van der Waals surface area contributed by atoms with Crippen LogP contribution in [0, 0.1) is 0 Å². The largest absolute Gasteiger partial charge is 0.480 e. The quantitative estimate of drug-likeness (QED) is 0.846. The van der Waals surface area contributed by atoms with Crippen LogP contribution in [0.25, 0.3) is 0 Å². The predicted octanol–water partition coefficient (Wildman–Crippen LogP) is 1.06. The lowest BCUT2D eigenvalue weighted by Crippen LogP contribution is -2.40. The van der Waals surface area contributed by atoms with Crippen molar-refractivity contribution in [2.45, 2.75) is 18.6 Å². The number of aliphatic carboxylic acids is 1. The first-order valence-corrected chi connectivity index (χ1v) is 6.21. The zero-order valence-corrected chi connectivity index (χ0v) is 10.2. The number of thiophene rings is 1. The van der Waals surface area contributed by atoms with Gasteiger partial charge in [-0.3, -0.25) is 4.79 Å². The lowest BCUT2D eigenvalue weighted by Gasteiger charge is -2.20. The molecular weight excluding hydrogens is 266 g/mol. The van der Waals surface area contributed by atoms with Crippen molar-refractivity contribution in [3.8, 4) is 0 Å². The number of β-amino-alcohol motifs (C(OH)–C–C–N with tert-alkyl or cyclic N) is 1. The minimum atomic E-state index is -1.11. The SMILES string of the molecule is O=C(O)[C@@H]1C[C@H](O)CN1C(=O)c1sccc1Cl. The van der Waals surface area contributed by atoms with E-state index in [1.165, 1.54) is 0 Å². The Balaban J connectivity index is 2.25. The van der Waals surface area contributed by atoms with Crippen molar-refractivity contribution in [2.75, 3.05) is 6.54 Å². The van der Waals surface area contributed by atoms with Gasteiger partial charge in [-0.15, -0.1) is 11.3 Å². The summed E-state index contributed by atoms with van der Waals surface area (Å²) in [4.78, 5) is 24.5. The van der Waals surface area contributed by atoms with Crippen LogP contribution in [0.5, 0.6) is 0 Å². The van der Waals surface area contributed by atoms with Crippen LogP contribution in [0.4, 0.5) is 0 Å². The molecule has 2 rings (SSSR count). The maximum absolute atomic E-state index is 12.1. The molecule has 92 valence electrons. The van der Waals surface area contributed by atoms with Crippen LogP contribution in [0.3, 0.4) is 0 Å². The van der Waals surface area contributed by atoms with Crippen LogP contribution in [-0.2, 0) is 4.79 Å². The third-order valence-electron chi connectivity index (χ3n) is 2.64. The van der Waals surface area contributed by atoms with Gasteiger partial charge in [0.1, 0.15) is 10.9 Å². The Morgan fingerprint density at radius 1 is 1.53 bits per heavy atom. The van der Waals surface area contributed by atoms with E-state index in [4.69, 9.17) is 16.7 Å². The highest BCUT2D eigenvalue weighted by Gasteiger charge is 2.39. The molecule has 0 spiro atoms. The summed E-state index contributed by atoms with van der Waals surface area (Å²) >= 11 is 6.99. The Bertz CT molecular complexity index is 461. The van der Waals surface area contributed by atoms with Gasteiger partial charge in [-0.2, -0.15) is 0 Å². The maximum atomic E-state index is 12.1. The Morgan fingerprint density at radius 3 is 2.76 bits per heavy atom. The van der Waals surface area contributed by atoms with Gasteiger partial charge in [-0.05, 0) is 11.4 Å². The lowest BCUT2D eigenvalue weighted by atomic mass is 10.2. The highest BCUT2D eigenvalue weighted by Crippen LogP contribution is 2.27. The van der Waals surface area contributed by atoms with E-state index in [-0.39, 0.29) is 13.0 Å². The molecule has 1 saturated heterocycles. The highest BCUT2D eigenvalue weighted by molar-refractivity contribution is 7.12. The number of carbonyl (C=O) groups is 2. The van der Waals surface area contributed by atoms with Crippen molar-refractivity contribution in [2.24, 2.45) is 0 Å². The Hall–Kier alpha value is -1.11. The molecule has 1 amide bonds. The van der Waals surface area contributed by atoms with Gasteiger partial charge in [0.15, 0.2) is 0 Å². The molecule has 2 atom stereocenters. The fourth-order valence-corrected chi connectivity index (χ4v) is 2.94. The van der Waals surface area contributed by atoms with E-state index in [1.807, 2.05) is 0 Å². The van der Waals surface area contributed by atoms with Crippen molar-refractivity contribution in [1.29, 1.82) is 0 Å². The van der Waals surface area contributed by atoms with Gasteiger partial charge in [-0.1, -0.05) is 11.6 Å². The minimum Gasteiger partial charge on any atom is -0.480 e. The summed E-state index contributed by atoms with van der Waals surface area (Å²) in [6, 6.07) is 0.609. The molecule has 17 heavy (non-hydrogen) atoms. The monoisotopic (exact) mass is 275 g/mol. The second-order valence-corrected chi connectivity index (χ2v) is 5.12. The second-order valence-electron chi connectivity index (χ2n) is 3.80. The van der Waals surface area contributed by atoms with Gasteiger partial charge in [0, 0.05) is 13.0 Å². The summed E-state index contributed by atoms with van der Waals surface area (Å²) in [5, 5.41) is 20.4. The van der Waals surface area contributed by atoms with Crippen LogP contribution in [0.2, 0.25) is 5.02 Å². The van der Waals surface area contributed by atoms with Gasteiger partial charge >= 0.3 is 5.97 Å². The molecule has 0 saturated carbocycles. The summed E-state index contributed by atoms with van der Waals surface area (Å²) < 4.78 is 0. The first kappa shape index (κ1) is 12.3. The van der Waals surface area contributed by atoms with Gasteiger partial charge in [-0.25, -0.2) is 4.79 Å². The number of carbonyl (C=O) groups excluding carboxylic acids is 1. The molecule has 0 aliphatic carbocycles. The molecule has 1 aliphatic heterocycles. The zero-order chi connectivity index (χ0) is 12.6. The fraction of sp³-hybridized carbons (Fsp3) is 0.400. The molecule has 5 nitrogen and oxygen atoms in total. The van der Waals surface area contributed by atoms with Gasteiger partial charge in [0.05, 0.1) is 11.1 Å². The summed E-state index contributed by atoms with van der Waals surface area (Å²) in [5.41, 5.74) is 0. The normalized spacial score (nSPS) is 24.0. The van der Waals surface area contributed by atoms with E-state index >= 15 is 0 Å². The first-order chi connectivity index (χ1) is 8.00. The number of hydrogen-bond donors (Lipinski definition) is 2. The molecule has 1 aliphatic rings. The first-order valence-electron chi connectivity index (χ1n) is 4.95. The molecular formula is C10H10ClNO4S. The molecule has 2 N–H and O–H groups in total. The van der Waals surface area contributed by atoms with Crippen LogP contribution >= 0.6 is 22.9 Å². The number of carboxylic acids is 1. The van der Waals surface area contributed by atoms with E-state index in [0.29, 0.717) is 9.90 Å². The van der Waals surface area contributed by atoms with E-state index in [0.717, 1.165) is 16.2 Å². The Morgan fingerprint density at radius 2 is 2.24 bits per heavy atom. The van der Waals surface area contributed by atoms with Gasteiger partial charge in [0.25, 0.3) is 5.91 Å². The van der Waals surface area contributed by atoms with Gasteiger partial charge in [0.2, 0.25) is 0 Å². The summed E-state index contributed by atoms with van der Waals surface area (Å²) in [7, 11) is 0. The molecule has 1 fully saturated rings. The molecule has 2 heterocycles. The second kappa shape index (κ2) is 4.64.